The number of allylic oxidation sites excluding steroid dienone is 3. The van der Waals surface area contributed by atoms with Crippen LogP contribution >= 0.6 is 0 Å². The molecule has 11 unspecified atom stereocenters. The Hall–Kier alpha value is -3.55. The van der Waals surface area contributed by atoms with Crippen LogP contribution in [0.3, 0.4) is 0 Å². The number of nitrogens with zero attached hydrogens (tertiary/aromatic N) is 2. The van der Waals surface area contributed by atoms with Crippen molar-refractivity contribution < 1.29 is 38.6 Å². The number of likely N-dealkylation sites (tertiary alicyclic amines) is 1. The number of aliphatic carboxylic acids is 1. The molecule has 53 heavy (non-hydrogen) atoms. The van der Waals surface area contributed by atoms with Crippen molar-refractivity contribution in [3.8, 4) is 0 Å². The number of fused-ring (bicyclic) bond motifs is 2. The number of carbonyl (C=O) groups excluding carboxylic acids is 4. The van der Waals surface area contributed by atoms with E-state index in [0.29, 0.717) is 36.9 Å². The number of piperidine rings is 1. The molecule has 3 aliphatic rings. The number of hydrogen-bond donors (Lipinski definition) is 4. The Labute approximate surface area is 316 Å². The Morgan fingerprint density at radius 2 is 1.72 bits per heavy atom. The van der Waals surface area contributed by atoms with Gasteiger partial charge in [-0.1, -0.05) is 72.4 Å². The van der Waals surface area contributed by atoms with Gasteiger partial charge < -0.3 is 40.3 Å². The highest BCUT2D eigenvalue weighted by Crippen LogP contribution is 2.35. The average Bonchev–Trinajstić information content (AvgIpc) is 3.91. The van der Waals surface area contributed by atoms with Gasteiger partial charge in [0.25, 0.3) is 0 Å². The van der Waals surface area contributed by atoms with Gasteiger partial charge in [0.1, 0.15) is 12.1 Å². The van der Waals surface area contributed by atoms with Crippen LogP contribution in [0.2, 0.25) is 0 Å². The molecule has 2 heterocycles. The normalized spacial score (nSPS) is 25.2. The summed E-state index contributed by atoms with van der Waals surface area (Å²) in [4.78, 5) is 70.6. The van der Waals surface area contributed by atoms with E-state index in [1.54, 1.807) is 37.0 Å². The molecule has 0 aromatic rings. The maximum absolute atomic E-state index is 14.2. The van der Waals surface area contributed by atoms with Crippen molar-refractivity contribution in [3.63, 3.8) is 0 Å². The highest BCUT2D eigenvalue weighted by molar-refractivity contribution is 5.90. The van der Waals surface area contributed by atoms with Crippen LogP contribution in [0.1, 0.15) is 86.0 Å². The first-order chi connectivity index (χ1) is 25.1. The fraction of sp³-hybridized carbons (Fsp3) is 0.725. The zero-order chi connectivity index (χ0) is 39.6. The third-order valence-electron chi connectivity index (χ3n) is 11.8. The summed E-state index contributed by atoms with van der Waals surface area (Å²) in [6.45, 7) is 17.4. The molecule has 0 radical (unpaired) electrons. The molecule has 0 aromatic carbocycles. The largest absolute Gasteiger partial charge is 0.480 e. The standard InChI is InChI=1S/C40H65N5O8/c1-11-15-26(13-3)20-29(40(50)51)42-37(47)25(7)36(53-10)30-16-14-19-45(30)32(46)22-31(52-9)35(24(6)12-2)44(8)39(49)33(23(4)5)43-38(48)34-27-17-18-28(21-27)41-34/h11,13,15,23-25,27-31,33-36,41H,1,3,12,14,16-22H2,2,4-10H3,(H,42,47)(H,43,48)(H,50,51)/b26-15+. The van der Waals surface area contributed by atoms with Crippen molar-refractivity contribution in [3.05, 3.63) is 37.0 Å². The monoisotopic (exact) mass is 743 g/mol. The van der Waals surface area contributed by atoms with Crippen LogP contribution in [-0.2, 0) is 33.4 Å². The Kier molecular flexibility index (Phi) is 16.7. The maximum Gasteiger partial charge on any atom is 0.326 e. The lowest BCUT2D eigenvalue weighted by molar-refractivity contribution is -0.148. The third-order valence-corrected chi connectivity index (χ3v) is 11.8. The number of likely N-dealkylation sites (N-methyl/N-ethyl adjacent to an activating group) is 1. The summed E-state index contributed by atoms with van der Waals surface area (Å²) in [5, 5.41) is 19.0. The quantitative estimate of drug-likeness (QED) is 0.129. The van der Waals surface area contributed by atoms with Crippen molar-refractivity contribution in [2.24, 2.45) is 23.7 Å². The molecular formula is C40H65N5O8. The third kappa shape index (κ3) is 10.8. The van der Waals surface area contributed by atoms with Gasteiger partial charge in [0.05, 0.1) is 42.7 Å². The molecule has 2 saturated heterocycles. The van der Waals surface area contributed by atoms with Crippen molar-refractivity contribution >= 4 is 29.6 Å². The van der Waals surface area contributed by atoms with Gasteiger partial charge in [0.2, 0.25) is 23.6 Å². The summed E-state index contributed by atoms with van der Waals surface area (Å²) in [5.41, 5.74) is 0.615. The van der Waals surface area contributed by atoms with Gasteiger partial charge >= 0.3 is 5.97 Å². The van der Waals surface area contributed by atoms with Crippen molar-refractivity contribution in [2.45, 2.75) is 134 Å². The van der Waals surface area contributed by atoms with E-state index < -0.39 is 54.2 Å². The first-order valence-corrected chi connectivity index (χ1v) is 19.3. The molecule has 0 spiro atoms. The lowest BCUT2D eigenvalue weighted by Crippen LogP contribution is -2.60. The van der Waals surface area contributed by atoms with Crippen LogP contribution in [0.4, 0.5) is 0 Å². The minimum absolute atomic E-state index is 0.00847. The Bertz CT molecular complexity index is 1350. The van der Waals surface area contributed by atoms with Crippen molar-refractivity contribution in [2.75, 3.05) is 27.8 Å². The molecule has 13 heteroatoms. The molecule has 1 aliphatic carbocycles. The highest BCUT2D eigenvalue weighted by atomic mass is 16.5. The van der Waals surface area contributed by atoms with Gasteiger partial charge in [0.15, 0.2) is 0 Å². The van der Waals surface area contributed by atoms with E-state index in [2.05, 4.69) is 29.1 Å². The predicted molar refractivity (Wildman–Crippen MR) is 204 cm³/mol. The van der Waals surface area contributed by atoms with Crippen LogP contribution in [0.15, 0.2) is 37.0 Å². The molecule has 2 aliphatic heterocycles. The molecule has 3 rings (SSSR count). The Morgan fingerprint density at radius 1 is 1.02 bits per heavy atom. The number of carbonyl (C=O) groups is 5. The van der Waals surface area contributed by atoms with Crippen LogP contribution in [0.5, 0.6) is 0 Å². The van der Waals surface area contributed by atoms with Crippen molar-refractivity contribution in [1.29, 1.82) is 0 Å². The van der Waals surface area contributed by atoms with Crippen LogP contribution in [0.25, 0.3) is 0 Å². The molecular weight excluding hydrogens is 678 g/mol. The first-order valence-electron chi connectivity index (χ1n) is 19.3. The van der Waals surface area contributed by atoms with Crippen LogP contribution in [0, 0.1) is 23.7 Å². The Morgan fingerprint density at radius 3 is 2.23 bits per heavy atom. The number of methoxy groups -OCH3 is 2. The summed E-state index contributed by atoms with van der Waals surface area (Å²) >= 11 is 0. The molecule has 4 N–H and O–H groups in total. The van der Waals surface area contributed by atoms with Gasteiger partial charge in [-0.2, -0.15) is 0 Å². The number of rotatable bonds is 21. The molecule has 4 amide bonds. The first kappa shape index (κ1) is 43.9. The Balaban J connectivity index is 1.75. The SMILES string of the molecule is C=C/C=C(\C=C)CC(NC(=O)C(C)C(OC)C1CCCN1C(=O)CC(OC)C(C(C)CC)N(C)C(=O)C(NC(=O)C1NC2CCC1C2)C(C)C)C(=O)O. The lowest BCUT2D eigenvalue weighted by Gasteiger charge is -2.41. The fourth-order valence-corrected chi connectivity index (χ4v) is 8.54. The summed E-state index contributed by atoms with van der Waals surface area (Å²) in [6, 6.07) is -2.75. The molecule has 13 nitrogen and oxygen atoms in total. The fourth-order valence-electron chi connectivity index (χ4n) is 8.54. The van der Waals surface area contributed by atoms with Gasteiger partial charge in [-0.15, -0.1) is 0 Å². The molecule has 3 fully saturated rings. The second-order valence-corrected chi connectivity index (χ2v) is 15.5. The summed E-state index contributed by atoms with van der Waals surface area (Å²) < 4.78 is 11.8. The molecule has 11 atom stereocenters. The van der Waals surface area contributed by atoms with Gasteiger partial charge in [-0.25, -0.2) is 4.79 Å². The number of ether oxygens (including phenoxy) is 2. The van der Waals surface area contributed by atoms with E-state index in [-0.39, 0.29) is 48.4 Å². The van der Waals surface area contributed by atoms with Gasteiger partial charge in [0, 0.05) is 40.3 Å². The van der Waals surface area contributed by atoms with Crippen LogP contribution < -0.4 is 16.0 Å². The van der Waals surface area contributed by atoms with E-state index in [0.717, 1.165) is 25.7 Å². The van der Waals surface area contributed by atoms with E-state index in [1.165, 1.54) is 19.3 Å². The number of amides is 4. The summed E-state index contributed by atoms with van der Waals surface area (Å²) in [6.07, 6.45) is 8.49. The smallest absolute Gasteiger partial charge is 0.326 e. The topological polar surface area (TPSA) is 167 Å². The molecule has 0 aromatic heterocycles. The molecule has 1 saturated carbocycles. The number of carboxylic acid groups (broad SMARTS) is 1. The van der Waals surface area contributed by atoms with E-state index in [1.807, 2.05) is 27.7 Å². The zero-order valence-electron chi connectivity index (χ0n) is 33.1. The van der Waals surface area contributed by atoms with E-state index >= 15 is 0 Å². The van der Waals surface area contributed by atoms with Crippen LogP contribution in [-0.4, -0.2) is 121 Å². The summed E-state index contributed by atoms with van der Waals surface area (Å²) in [7, 11) is 4.75. The summed E-state index contributed by atoms with van der Waals surface area (Å²) in [5.74, 6) is -2.92. The number of nitrogens with one attached hydrogen (secondary N) is 3. The second-order valence-electron chi connectivity index (χ2n) is 15.5. The maximum atomic E-state index is 14.2. The molecule has 2 bridgehead atoms. The van der Waals surface area contributed by atoms with Crippen molar-refractivity contribution in [1.82, 2.24) is 25.8 Å². The average molecular weight is 744 g/mol. The van der Waals surface area contributed by atoms with Gasteiger partial charge in [-0.3, -0.25) is 19.2 Å². The predicted octanol–water partition coefficient (Wildman–Crippen LogP) is 3.45. The van der Waals surface area contributed by atoms with Gasteiger partial charge in [-0.05, 0) is 55.4 Å². The molecule has 298 valence electrons. The lowest BCUT2D eigenvalue weighted by atomic mass is 9.89. The number of carboxylic acids is 1. The zero-order valence-corrected chi connectivity index (χ0v) is 33.1. The minimum Gasteiger partial charge on any atom is -0.480 e. The second kappa shape index (κ2) is 20.2. The highest BCUT2D eigenvalue weighted by Gasteiger charge is 2.46. The number of hydrogen-bond acceptors (Lipinski definition) is 8. The minimum atomic E-state index is -1.19. The van der Waals surface area contributed by atoms with E-state index in [9.17, 15) is 29.1 Å². The van der Waals surface area contributed by atoms with E-state index in [4.69, 9.17) is 9.47 Å².